The lowest BCUT2D eigenvalue weighted by molar-refractivity contribution is -0.121. The molecular weight excluding hydrogens is 204 g/mol. The molecule has 5 nitrogen and oxygen atoms in total. The number of carbonyl (C=O) groups is 1. The maximum Gasteiger partial charge on any atom is 0.233 e. The highest BCUT2D eigenvalue weighted by Crippen LogP contribution is 2.06. The molecule has 0 radical (unpaired) electrons. The van der Waals surface area contributed by atoms with E-state index < -0.39 is 0 Å². The van der Waals surface area contributed by atoms with Crippen LogP contribution in [0, 0.1) is 11.3 Å². The highest BCUT2D eigenvalue weighted by molar-refractivity contribution is 5.77. The normalized spacial score (nSPS) is 9.88. The summed E-state index contributed by atoms with van der Waals surface area (Å²) in [6.45, 7) is 0.834. The molecule has 0 spiro atoms. The van der Waals surface area contributed by atoms with Gasteiger partial charge in [-0.05, 0) is 13.1 Å². The number of pyridine rings is 1. The number of rotatable bonds is 4. The highest BCUT2D eigenvalue weighted by Gasteiger charge is 2.08. The van der Waals surface area contributed by atoms with Crippen LogP contribution >= 0.6 is 0 Å². The molecule has 1 aromatic heterocycles. The fraction of sp³-hybridized carbons (Fsp3) is 0.364. The number of nitrogens with one attached hydrogen (secondary N) is 1. The minimum Gasteiger partial charge on any atom is -0.358 e. The van der Waals surface area contributed by atoms with Gasteiger partial charge in [0.05, 0.1) is 6.54 Å². The van der Waals surface area contributed by atoms with Gasteiger partial charge in [-0.25, -0.2) is 4.98 Å². The van der Waals surface area contributed by atoms with E-state index in [4.69, 9.17) is 5.26 Å². The quantitative estimate of drug-likeness (QED) is 0.780. The summed E-state index contributed by atoms with van der Waals surface area (Å²) in [6, 6.07) is 5.65. The Hall–Kier alpha value is -1.93. The van der Waals surface area contributed by atoms with Gasteiger partial charge in [0.1, 0.15) is 11.8 Å². The molecule has 0 aromatic carbocycles. The fourth-order valence-electron chi connectivity index (χ4n) is 1.34. The number of nitrogens with zero attached hydrogens (tertiary/aromatic N) is 3. The molecule has 0 saturated heterocycles. The van der Waals surface area contributed by atoms with Gasteiger partial charge in [0, 0.05) is 25.4 Å². The second kappa shape index (κ2) is 5.83. The zero-order valence-corrected chi connectivity index (χ0v) is 9.40. The highest BCUT2D eigenvalue weighted by atomic mass is 16.1. The number of likely N-dealkylation sites (N-methyl/N-ethyl adjacent to an activating group) is 2. The average molecular weight is 218 g/mol. The van der Waals surface area contributed by atoms with Crippen LogP contribution in [0.4, 0.5) is 0 Å². The molecule has 1 heterocycles. The molecule has 0 atom stereocenters. The second-order valence-electron chi connectivity index (χ2n) is 3.47. The number of hydrogen-bond acceptors (Lipinski definition) is 4. The Morgan fingerprint density at radius 3 is 3.06 bits per heavy atom. The van der Waals surface area contributed by atoms with Crippen LogP contribution in [-0.2, 0) is 11.3 Å². The zero-order valence-electron chi connectivity index (χ0n) is 9.40. The summed E-state index contributed by atoms with van der Waals surface area (Å²) in [7, 11) is 3.42. The van der Waals surface area contributed by atoms with Crippen LogP contribution in [0.15, 0.2) is 18.3 Å². The zero-order chi connectivity index (χ0) is 12.0. The van der Waals surface area contributed by atoms with E-state index in [1.54, 1.807) is 19.3 Å². The van der Waals surface area contributed by atoms with Gasteiger partial charge in [-0.1, -0.05) is 6.07 Å². The minimum atomic E-state index is -0.0510. The number of carbonyl (C=O) groups excluding carboxylic acids is 1. The maximum atomic E-state index is 11.1. The minimum absolute atomic E-state index is 0.0510. The van der Waals surface area contributed by atoms with E-state index >= 15 is 0 Å². The molecule has 5 heteroatoms. The van der Waals surface area contributed by atoms with Crippen molar-refractivity contribution in [2.24, 2.45) is 0 Å². The molecule has 0 aliphatic heterocycles. The van der Waals surface area contributed by atoms with Crippen molar-refractivity contribution in [3.63, 3.8) is 0 Å². The van der Waals surface area contributed by atoms with Crippen molar-refractivity contribution >= 4 is 5.91 Å². The molecule has 84 valence electrons. The predicted octanol–water partition coefficient (Wildman–Crippen LogP) is 0.131. The Bertz CT molecular complexity index is 411. The summed E-state index contributed by atoms with van der Waals surface area (Å²) in [4.78, 5) is 16.9. The van der Waals surface area contributed by atoms with E-state index in [0.29, 0.717) is 18.8 Å². The lowest BCUT2D eigenvalue weighted by Gasteiger charge is -2.15. The van der Waals surface area contributed by atoms with Crippen LogP contribution in [-0.4, -0.2) is 36.4 Å². The van der Waals surface area contributed by atoms with Crippen molar-refractivity contribution in [1.29, 1.82) is 5.26 Å². The van der Waals surface area contributed by atoms with E-state index in [2.05, 4.69) is 10.3 Å². The van der Waals surface area contributed by atoms with Crippen molar-refractivity contribution < 1.29 is 4.79 Å². The summed E-state index contributed by atoms with van der Waals surface area (Å²) < 4.78 is 0. The molecule has 1 rings (SSSR count). The van der Waals surface area contributed by atoms with Gasteiger partial charge in [-0.3, -0.25) is 9.69 Å². The van der Waals surface area contributed by atoms with Gasteiger partial charge in [0.15, 0.2) is 0 Å². The molecule has 0 fully saturated rings. The van der Waals surface area contributed by atoms with Gasteiger partial charge < -0.3 is 5.32 Å². The van der Waals surface area contributed by atoms with Crippen LogP contribution in [0.25, 0.3) is 0 Å². The Kier molecular flexibility index (Phi) is 4.42. The fourth-order valence-corrected chi connectivity index (χ4v) is 1.34. The van der Waals surface area contributed by atoms with Crippen LogP contribution in [0.5, 0.6) is 0 Å². The maximum absolute atomic E-state index is 11.1. The Balaban J connectivity index is 2.66. The predicted molar refractivity (Wildman–Crippen MR) is 59.4 cm³/mol. The first-order chi connectivity index (χ1) is 7.67. The lowest BCUT2D eigenvalue weighted by Crippen LogP contribution is -2.32. The van der Waals surface area contributed by atoms with E-state index in [1.807, 2.05) is 24.1 Å². The van der Waals surface area contributed by atoms with Gasteiger partial charge in [0.2, 0.25) is 5.91 Å². The van der Waals surface area contributed by atoms with Crippen molar-refractivity contribution in [2.75, 3.05) is 20.6 Å². The topological polar surface area (TPSA) is 69.0 Å². The molecule has 1 aromatic rings. The van der Waals surface area contributed by atoms with Crippen molar-refractivity contribution in [2.45, 2.75) is 6.54 Å². The Labute approximate surface area is 94.7 Å². The third kappa shape index (κ3) is 3.33. The number of aromatic nitrogens is 1. The first-order valence-corrected chi connectivity index (χ1v) is 4.90. The molecule has 0 aliphatic rings. The molecule has 0 bridgehead atoms. The van der Waals surface area contributed by atoms with Crippen LogP contribution < -0.4 is 5.32 Å². The number of amides is 1. The van der Waals surface area contributed by atoms with Crippen LogP contribution in [0.2, 0.25) is 0 Å². The molecule has 0 unspecified atom stereocenters. The van der Waals surface area contributed by atoms with E-state index in [0.717, 1.165) is 5.56 Å². The van der Waals surface area contributed by atoms with Gasteiger partial charge in [-0.2, -0.15) is 5.26 Å². The van der Waals surface area contributed by atoms with Gasteiger partial charge in [-0.15, -0.1) is 0 Å². The summed E-state index contributed by atoms with van der Waals surface area (Å²) in [5, 5.41) is 11.4. The summed E-state index contributed by atoms with van der Waals surface area (Å²) >= 11 is 0. The van der Waals surface area contributed by atoms with Crippen LogP contribution in [0.1, 0.15) is 11.3 Å². The summed E-state index contributed by atoms with van der Waals surface area (Å²) in [6.07, 6.45) is 1.58. The number of hydrogen-bond donors (Lipinski definition) is 1. The number of nitriles is 1. The molecule has 1 amide bonds. The molecule has 16 heavy (non-hydrogen) atoms. The molecule has 1 N–H and O–H groups in total. The van der Waals surface area contributed by atoms with Crippen molar-refractivity contribution in [3.8, 4) is 6.07 Å². The SMILES string of the molecule is CNC(=O)CN(C)Cc1cccnc1C#N. The monoisotopic (exact) mass is 218 g/mol. The van der Waals surface area contributed by atoms with Crippen molar-refractivity contribution in [1.82, 2.24) is 15.2 Å². The first-order valence-electron chi connectivity index (χ1n) is 4.90. The third-order valence-electron chi connectivity index (χ3n) is 2.13. The Morgan fingerprint density at radius 2 is 2.44 bits per heavy atom. The smallest absolute Gasteiger partial charge is 0.233 e. The molecule has 0 saturated carbocycles. The van der Waals surface area contributed by atoms with Crippen LogP contribution in [0.3, 0.4) is 0 Å². The molecular formula is C11H14N4O. The van der Waals surface area contributed by atoms with Crippen molar-refractivity contribution in [3.05, 3.63) is 29.6 Å². The van der Waals surface area contributed by atoms with E-state index in [-0.39, 0.29) is 5.91 Å². The lowest BCUT2D eigenvalue weighted by atomic mass is 10.2. The van der Waals surface area contributed by atoms with Gasteiger partial charge >= 0.3 is 0 Å². The third-order valence-corrected chi connectivity index (χ3v) is 2.13. The summed E-state index contributed by atoms with van der Waals surface area (Å²) in [5.41, 5.74) is 1.24. The second-order valence-corrected chi connectivity index (χ2v) is 3.47. The van der Waals surface area contributed by atoms with Gasteiger partial charge in [0.25, 0.3) is 0 Å². The molecule has 0 aliphatic carbocycles. The largest absolute Gasteiger partial charge is 0.358 e. The Morgan fingerprint density at radius 1 is 1.69 bits per heavy atom. The average Bonchev–Trinajstić information content (AvgIpc) is 2.29. The standard InChI is InChI=1S/C11H14N4O/c1-13-11(16)8-15(2)7-9-4-3-5-14-10(9)6-12/h3-5H,7-8H2,1-2H3,(H,13,16). The summed E-state index contributed by atoms with van der Waals surface area (Å²) in [5.74, 6) is -0.0510. The van der Waals surface area contributed by atoms with E-state index in [9.17, 15) is 4.79 Å². The van der Waals surface area contributed by atoms with E-state index in [1.165, 1.54) is 0 Å². The first kappa shape index (κ1) is 12.1.